The van der Waals surface area contributed by atoms with E-state index in [4.69, 9.17) is 0 Å². The largest absolute Gasteiger partial charge is 0.421 e. The van der Waals surface area contributed by atoms with Crippen LogP contribution >= 0.6 is 0 Å². The van der Waals surface area contributed by atoms with Gasteiger partial charge >= 0.3 is 6.18 Å². The smallest absolute Gasteiger partial charge is 0.315 e. The quantitative estimate of drug-likeness (QED) is 0.766. The second kappa shape index (κ2) is 4.51. The van der Waals surface area contributed by atoms with Gasteiger partial charge in [0, 0.05) is 12.7 Å². The van der Waals surface area contributed by atoms with Crippen LogP contribution in [0.15, 0.2) is 23.1 Å². The van der Waals surface area contributed by atoms with Crippen LogP contribution in [0.1, 0.15) is 25.3 Å². The van der Waals surface area contributed by atoms with Gasteiger partial charge in [0.2, 0.25) is 0 Å². The van der Waals surface area contributed by atoms with Crippen molar-refractivity contribution in [2.45, 2.75) is 32.5 Å². The molecule has 0 bridgehead atoms. The van der Waals surface area contributed by atoms with Crippen molar-refractivity contribution < 1.29 is 13.2 Å². The highest BCUT2D eigenvalue weighted by atomic mass is 19.4. The highest BCUT2D eigenvalue weighted by molar-refractivity contribution is 5.13. The van der Waals surface area contributed by atoms with Gasteiger partial charge in [-0.25, -0.2) is 0 Å². The van der Waals surface area contributed by atoms with Crippen molar-refractivity contribution in [1.82, 2.24) is 4.57 Å². The van der Waals surface area contributed by atoms with Crippen LogP contribution in [0.25, 0.3) is 0 Å². The predicted octanol–water partition coefficient (Wildman–Crippen LogP) is 2.67. The van der Waals surface area contributed by atoms with E-state index in [9.17, 15) is 18.0 Å². The summed E-state index contributed by atoms with van der Waals surface area (Å²) in [5.41, 5.74) is -2.06. The maximum atomic E-state index is 12.3. The molecule has 0 aromatic carbocycles. The molecule has 0 N–H and O–H groups in total. The third-order valence-corrected chi connectivity index (χ3v) is 2.08. The van der Waals surface area contributed by atoms with Crippen LogP contribution in [0.5, 0.6) is 0 Å². The van der Waals surface area contributed by atoms with E-state index in [2.05, 4.69) is 0 Å². The molecule has 0 unspecified atom stereocenters. The second-order valence-electron chi connectivity index (χ2n) is 3.27. The van der Waals surface area contributed by atoms with Gasteiger partial charge in [-0.2, -0.15) is 13.2 Å². The number of alkyl halides is 3. The van der Waals surface area contributed by atoms with Gasteiger partial charge in [-0.3, -0.25) is 4.79 Å². The van der Waals surface area contributed by atoms with Crippen LogP contribution in [0, 0.1) is 0 Å². The van der Waals surface area contributed by atoms with E-state index in [0.717, 1.165) is 17.1 Å². The summed E-state index contributed by atoms with van der Waals surface area (Å²) in [7, 11) is 0. The Hall–Kier alpha value is -1.26. The van der Waals surface area contributed by atoms with Gasteiger partial charge in [0.1, 0.15) is 5.56 Å². The molecular weight excluding hydrogens is 207 g/mol. The number of rotatable bonds is 3. The van der Waals surface area contributed by atoms with Crippen molar-refractivity contribution in [1.29, 1.82) is 0 Å². The lowest BCUT2D eigenvalue weighted by molar-refractivity contribution is -0.139. The molecule has 0 saturated carbocycles. The Morgan fingerprint density at radius 3 is 2.60 bits per heavy atom. The first-order valence-electron chi connectivity index (χ1n) is 4.73. The summed E-state index contributed by atoms with van der Waals surface area (Å²) < 4.78 is 38.1. The van der Waals surface area contributed by atoms with Gasteiger partial charge in [-0.1, -0.05) is 13.3 Å². The maximum absolute atomic E-state index is 12.3. The molecule has 0 amide bonds. The lowest BCUT2D eigenvalue weighted by Gasteiger charge is -2.09. The molecule has 0 atom stereocenters. The number of unbranched alkanes of at least 4 members (excludes halogenated alkanes) is 1. The molecule has 15 heavy (non-hydrogen) atoms. The second-order valence-corrected chi connectivity index (χ2v) is 3.27. The highest BCUT2D eigenvalue weighted by Gasteiger charge is 2.34. The van der Waals surface area contributed by atoms with Gasteiger partial charge < -0.3 is 4.57 Å². The fourth-order valence-electron chi connectivity index (χ4n) is 1.26. The highest BCUT2D eigenvalue weighted by Crippen LogP contribution is 2.25. The Labute approximate surface area is 85.3 Å². The first kappa shape index (κ1) is 11.8. The van der Waals surface area contributed by atoms with Gasteiger partial charge in [0.05, 0.1) is 0 Å². The molecule has 0 aliphatic heterocycles. The number of aromatic nitrogens is 1. The summed E-state index contributed by atoms with van der Waals surface area (Å²) in [5.74, 6) is 0. The van der Waals surface area contributed by atoms with Gasteiger partial charge in [0.25, 0.3) is 5.56 Å². The summed E-state index contributed by atoms with van der Waals surface area (Å²) in [5, 5.41) is 0. The lowest BCUT2D eigenvalue weighted by Crippen LogP contribution is -2.27. The number of pyridine rings is 1. The molecule has 1 aromatic heterocycles. The number of hydrogen-bond acceptors (Lipinski definition) is 1. The van der Waals surface area contributed by atoms with Crippen LogP contribution in [-0.2, 0) is 12.7 Å². The number of hydrogen-bond donors (Lipinski definition) is 0. The van der Waals surface area contributed by atoms with E-state index >= 15 is 0 Å². The molecular formula is C10H12F3NO. The Bertz CT molecular complexity index is 381. The molecule has 0 radical (unpaired) electrons. The lowest BCUT2D eigenvalue weighted by atomic mass is 10.2. The van der Waals surface area contributed by atoms with E-state index in [1.165, 1.54) is 12.3 Å². The molecule has 1 heterocycles. The normalized spacial score (nSPS) is 11.7. The SMILES string of the molecule is CCCCn1cccc(C(F)(F)F)c1=O. The van der Waals surface area contributed by atoms with Gasteiger partial charge in [-0.15, -0.1) is 0 Å². The zero-order chi connectivity index (χ0) is 11.5. The van der Waals surface area contributed by atoms with Crippen LogP contribution < -0.4 is 5.56 Å². The minimum Gasteiger partial charge on any atom is -0.315 e. The van der Waals surface area contributed by atoms with Gasteiger partial charge in [0.15, 0.2) is 0 Å². The average Bonchev–Trinajstić information content (AvgIpc) is 2.14. The molecule has 0 saturated heterocycles. The molecule has 0 fully saturated rings. The topological polar surface area (TPSA) is 22.0 Å². The molecule has 2 nitrogen and oxygen atoms in total. The van der Waals surface area contributed by atoms with E-state index in [1.54, 1.807) is 0 Å². The van der Waals surface area contributed by atoms with E-state index in [0.29, 0.717) is 13.0 Å². The van der Waals surface area contributed by atoms with E-state index < -0.39 is 17.3 Å². The Kier molecular flexibility index (Phi) is 3.55. The number of halogens is 3. The Balaban J connectivity index is 3.07. The zero-order valence-electron chi connectivity index (χ0n) is 8.34. The molecule has 0 spiro atoms. The molecule has 1 aromatic rings. The zero-order valence-corrected chi connectivity index (χ0v) is 8.34. The molecule has 0 aliphatic rings. The van der Waals surface area contributed by atoms with Crippen LogP contribution in [-0.4, -0.2) is 4.57 Å². The van der Waals surface area contributed by atoms with Crippen LogP contribution in [0.3, 0.4) is 0 Å². The Morgan fingerprint density at radius 1 is 1.40 bits per heavy atom. The third-order valence-electron chi connectivity index (χ3n) is 2.08. The molecule has 0 aliphatic carbocycles. The first-order valence-corrected chi connectivity index (χ1v) is 4.73. The summed E-state index contributed by atoms with van der Waals surface area (Å²) in [6.45, 7) is 2.25. The fourth-order valence-corrected chi connectivity index (χ4v) is 1.26. The number of nitrogens with zero attached hydrogens (tertiary/aromatic N) is 1. The summed E-state index contributed by atoms with van der Waals surface area (Å²) in [6, 6.07) is 2.06. The van der Waals surface area contributed by atoms with Crippen molar-refractivity contribution in [2.24, 2.45) is 0 Å². The summed E-state index contributed by atoms with van der Waals surface area (Å²) in [4.78, 5) is 11.4. The summed E-state index contributed by atoms with van der Waals surface area (Å²) >= 11 is 0. The van der Waals surface area contributed by atoms with E-state index in [-0.39, 0.29) is 0 Å². The van der Waals surface area contributed by atoms with E-state index in [1.807, 2.05) is 6.92 Å². The first-order chi connectivity index (χ1) is 6.96. The van der Waals surface area contributed by atoms with Gasteiger partial charge in [-0.05, 0) is 18.6 Å². The molecule has 1 rings (SSSR count). The monoisotopic (exact) mass is 219 g/mol. The third kappa shape index (κ3) is 2.84. The van der Waals surface area contributed by atoms with Crippen molar-refractivity contribution in [3.8, 4) is 0 Å². The Morgan fingerprint density at radius 2 is 2.07 bits per heavy atom. The van der Waals surface area contributed by atoms with Crippen molar-refractivity contribution in [3.63, 3.8) is 0 Å². The van der Waals surface area contributed by atoms with Crippen molar-refractivity contribution >= 4 is 0 Å². The maximum Gasteiger partial charge on any atom is 0.421 e. The van der Waals surface area contributed by atoms with Crippen LogP contribution in [0.2, 0.25) is 0 Å². The minimum absolute atomic E-state index is 0.333. The van der Waals surface area contributed by atoms with Crippen molar-refractivity contribution in [3.05, 3.63) is 34.2 Å². The summed E-state index contributed by atoms with van der Waals surface area (Å²) in [6.07, 6.45) is -1.65. The fraction of sp³-hybridized carbons (Fsp3) is 0.500. The standard InChI is InChI=1S/C10H12F3NO/c1-2-3-6-14-7-4-5-8(9(14)15)10(11,12)13/h4-5,7H,2-3,6H2,1H3. The average molecular weight is 219 g/mol. The van der Waals surface area contributed by atoms with Crippen LogP contribution in [0.4, 0.5) is 13.2 Å². The number of aryl methyl sites for hydroxylation is 1. The predicted molar refractivity (Wildman–Crippen MR) is 50.6 cm³/mol. The molecule has 84 valence electrons. The molecule has 5 heteroatoms. The minimum atomic E-state index is -4.56. The van der Waals surface area contributed by atoms with Crippen molar-refractivity contribution in [2.75, 3.05) is 0 Å².